The Labute approximate surface area is 327 Å². The van der Waals surface area contributed by atoms with Crippen molar-refractivity contribution in [2.45, 2.75) is 71.4 Å². The van der Waals surface area contributed by atoms with E-state index < -0.39 is 17.7 Å². The molecule has 0 radical (unpaired) electrons. The number of pyridine rings is 1. The number of nitrogens with one attached hydrogen (secondary N) is 4. The highest BCUT2D eigenvalue weighted by atomic mass is 16.6. The number of hydrogen-bond donors (Lipinski definition) is 4. The number of anilines is 1. The third kappa shape index (κ3) is 10.7. The molecule has 2 aliphatic rings. The fourth-order valence-electron chi connectivity index (χ4n) is 7.09. The van der Waals surface area contributed by atoms with E-state index in [1.807, 2.05) is 62.9 Å². The number of nitrogens with zero attached hydrogens (tertiary/aromatic N) is 6. The summed E-state index contributed by atoms with van der Waals surface area (Å²) in [6.45, 7) is 11.0. The molecule has 2 aromatic carbocycles. The van der Waals surface area contributed by atoms with Crippen molar-refractivity contribution in [1.29, 1.82) is 0 Å². The summed E-state index contributed by atoms with van der Waals surface area (Å²) in [7, 11) is 2.05. The number of carbonyl (C=O) groups excluding carboxylic acids is 4. The molecule has 1 saturated heterocycles. The lowest BCUT2D eigenvalue weighted by molar-refractivity contribution is -0.130. The summed E-state index contributed by atoms with van der Waals surface area (Å²) in [4.78, 5) is 61.4. The van der Waals surface area contributed by atoms with Crippen LogP contribution in [-0.4, -0.2) is 111 Å². The van der Waals surface area contributed by atoms with Crippen LogP contribution in [0.2, 0.25) is 0 Å². The Balaban J connectivity index is 1.11. The van der Waals surface area contributed by atoms with Gasteiger partial charge in [0.15, 0.2) is 0 Å². The molecule has 15 nitrogen and oxygen atoms in total. The van der Waals surface area contributed by atoms with Gasteiger partial charge in [0.2, 0.25) is 17.6 Å². The molecule has 4 aromatic rings. The van der Waals surface area contributed by atoms with E-state index in [9.17, 15) is 19.2 Å². The van der Waals surface area contributed by atoms with Crippen LogP contribution >= 0.6 is 0 Å². The molecule has 1 unspecified atom stereocenters. The first kappa shape index (κ1) is 40.0. The number of carbonyl (C=O) groups is 4. The zero-order valence-electron chi connectivity index (χ0n) is 32.8. The minimum Gasteiger partial charge on any atom is -0.444 e. The molecule has 1 atom stereocenters. The van der Waals surface area contributed by atoms with E-state index in [1.54, 1.807) is 30.5 Å². The number of alkyl carbamates (subject to hydrolysis) is 1. The first-order chi connectivity index (χ1) is 26.8. The Morgan fingerprint density at radius 2 is 1.61 bits per heavy atom. The van der Waals surface area contributed by atoms with Crippen LogP contribution in [0.3, 0.4) is 0 Å². The number of amides is 4. The maximum Gasteiger partial charge on any atom is 0.407 e. The van der Waals surface area contributed by atoms with Crippen LogP contribution in [0.25, 0.3) is 22.5 Å². The summed E-state index contributed by atoms with van der Waals surface area (Å²) in [5.41, 5.74) is 4.82. The van der Waals surface area contributed by atoms with Gasteiger partial charge in [0.1, 0.15) is 17.3 Å². The quantitative estimate of drug-likeness (QED) is 0.168. The molecule has 56 heavy (non-hydrogen) atoms. The first-order valence-corrected chi connectivity index (χ1v) is 19.3. The highest BCUT2D eigenvalue weighted by Crippen LogP contribution is 2.29. The van der Waals surface area contributed by atoms with Gasteiger partial charge in [-0.3, -0.25) is 19.4 Å². The van der Waals surface area contributed by atoms with Gasteiger partial charge >= 0.3 is 6.09 Å². The monoisotopic (exact) mass is 764 g/mol. The number of ether oxygens (including phenoxy) is 1. The summed E-state index contributed by atoms with van der Waals surface area (Å²) in [5.74, 6) is -0.131. The van der Waals surface area contributed by atoms with Crippen LogP contribution < -0.4 is 16.0 Å². The van der Waals surface area contributed by atoms with E-state index >= 15 is 0 Å². The molecule has 0 bridgehead atoms. The zero-order valence-corrected chi connectivity index (χ0v) is 32.8. The molecular formula is C41H52N10O5. The number of likely N-dealkylation sites (N-methyl/N-ethyl adjacent to an activating group) is 1. The van der Waals surface area contributed by atoms with Gasteiger partial charge in [-0.15, -0.1) is 10.2 Å². The van der Waals surface area contributed by atoms with E-state index in [0.717, 1.165) is 53.7 Å². The van der Waals surface area contributed by atoms with Crippen molar-refractivity contribution < 1.29 is 23.9 Å². The normalized spacial score (nSPS) is 18.1. The average molecular weight is 765 g/mol. The lowest BCUT2D eigenvalue weighted by Gasteiger charge is -2.32. The predicted molar refractivity (Wildman–Crippen MR) is 211 cm³/mol. The van der Waals surface area contributed by atoms with Crippen molar-refractivity contribution in [2.75, 3.05) is 45.1 Å². The molecule has 1 aliphatic heterocycles. The van der Waals surface area contributed by atoms with E-state index in [1.165, 1.54) is 0 Å². The lowest BCUT2D eigenvalue weighted by Crippen LogP contribution is -2.48. The molecule has 4 amide bonds. The molecule has 4 N–H and O–H groups in total. The van der Waals surface area contributed by atoms with Gasteiger partial charge in [-0.25, -0.2) is 4.79 Å². The van der Waals surface area contributed by atoms with Gasteiger partial charge in [-0.1, -0.05) is 24.3 Å². The smallest absolute Gasteiger partial charge is 0.407 e. The highest BCUT2D eigenvalue weighted by Gasteiger charge is 2.30. The van der Waals surface area contributed by atoms with Gasteiger partial charge < -0.3 is 30.5 Å². The minimum atomic E-state index is -0.847. The largest absolute Gasteiger partial charge is 0.444 e. The fraction of sp³-hybridized carbons (Fsp3) is 0.463. The zero-order chi connectivity index (χ0) is 39.8. The maximum atomic E-state index is 13.8. The number of benzene rings is 2. The number of aromatic nitrogens is 5. The van der Waals surface area contributed by atoms with Crippen LogP contribution in [0.15, 0.2) is 60.8 Å². The second kappa shape index (κ2) is 17.8. The third-order valence-corrected chi connectivity index (χ3v) is 10.4. The molecule has 2 fully saturated rings. The number of H-pyrrole nitrogens is 1. The Hall–Kier alpha value is -5.70. The Bertz CT molecular complexity index is 1960. The molecule has 3 heterocycles. The molecule has 296 valence electrons. The highest BCUT2D eigenvalue weighted by molar-refractivity contribution is 5.98. The summed E-state index contributed by atoms with van der Waals surface area (Å²) in [6.07, 6.45) is 4.43. The summed E-state index contributed by atoms with van der Waals surface area (Å²) in [5, 5.41) is 22.9. The second-order valence-corrected chi connectivity index (χ2v) is 15.8. The summed E-state index contributed by atoms with van der Waals surface area (Å²) >= 11 is 0. The molecule has 1 saturated carbocycles. The van der Waals surface area contributed by atoms with Crippen LogP contribution in [0.4, 0.5) is 10.5 Å². The molecule has 15 heteroatoms. The van der Waals surface area contributed by atoms with Crippen LogP contribution in [0.5, 0.6) is 0 Å². The van der Waals surface area contributed by atoms with Crippen LogP contribution in [-0.2, 0) is 20.7 Å². The van der Waals surface area contributed by atoms with Crippen molar-refractivity contribution in [3.8, 4) is 22.5 Å². The van der Waals surface area contributed by atoms with Gasteiger partial charge in [0.25, 0.3) is 5.91 Å². The van der Waals surface area contributed by atoms with Gasteiger partial charge in [0, 0.05) is 68.1 Å². The number of tetrazole rings is 1. The van der Waals surface area contributed by atoms with E-state index in [0.29, 0.717) is 49.7 Å². The van der Waals surface area contributed by atoms with Crippen molar-refractivity contribution in [3.63, 3.8) is 0 Å². The average Bonchev–Trinajstić information content (AvgIpc) is 3.72. The standard InChI is InChI=1S/C41H52N10O5/c1-26-22-35(39(54)51-20-18-50(5)19-21-51)42-25-33(26)29-10-6-27(7-11-29)23-34(38(53)44-32-16-14-30(15-17-32)36-46-48-49-47-36)45-37(52)31-12-8-28(9-13-31)24-43-40(55)56-41(2,3)4/h6-7,10-11,14-17,22,25,28,31,34H,8-9,12-13,18-21,23-24H2,1-5H3,(H,43,55)(H,44,53)(H,45,52)(H,46,47,48,49). The third-order valence-electron chi connectivity index (χ3n) is 10.4. The minimum absolute atomic E-state index is 0.0550. The van der Waals surface area contributed by atoms with Crippen molar-refractivity contribution in [1.82, 2.24) is 46.0 Å². The first-order valence-electron chi connectivity index (χ1n) is 19.3. The predicted octanol–water partition coefficient (Wildman–Crippen LogP) is 4.62. The summed E-state index contributed by atoms with van der Waals surface area (Å²) in [6, 6.07) is 15.9. The van der Waals surface area contributed by atoms with Crippen molar-refractivity contribution in [2.24, 2.45) is 11.8 Å². The van der Waals surface area contributed by atoms with Gasteiger partial charge in [0.05, 0.1) is 0 Å². The fourth-order valence-corrected chi connectivity index (χ4v) is 7.09. The van der Waals surface area contributed by atoms with Crippen molar-refractivity contribution in [3.05, 3.63) is 77.6 Å². The van der Waals surface area contributed by atoms with Crippen LogP contribution in [0.1, 0.15) is 68.1 Å². The topological polar surface area (TPSA) is 187 Å². The Kier molecular flexibility index (Phi) is 12.7. The van der Waals surface area contributed by atoms with E-state index in [2.05, 4.69) is 53.5 Å². The SMILES string of the molecule is Cc1cc(C(=O)N2CCN(C)CC2)ncc1-c1ccc(CC(NC(=O)C2CCC(CNC(=O)OC(C)(C)C)CC2)C(=O)Nc2ccc(-c3nn[nH]n3)cc2)cc1. The Morgan fingerprint density at radius 1 is 0.929 bits per heavy atom. The van der Waals surface area contributed by atoms with Gasteiger partial charge in [-0.05, 0) is 119 Å². The number of piperazine rings is 1. The van der Waals surface area contributed by atoms with E-state index in [4.69, 9.17) is 4.74 Å². The number of aryl methyl sites for hydroxylation is 1. The van der Waals surface area contributed by atoms with Crippen LogP contribution in [0, 0.1) is 18.8 Å². The van der Waals surface area contributed by atoms with Gasteiger partial charge in [-0.2, -0.15) is 5.21 Å². The number of aromatic amines is 1. The maximum absolute atomic E-state index is 13.8. The molecular weight excluding hydrogens is 713 g/mol. The molecule has 6 rings (SSSR count). The summed E-state index contributed by atoms with van der Waals surface area (Å²) < 4.78 is 5.36. The lowest BCUT2D eigenvalue weighted by atomic mass is 9.81. The molecule has 0 spiro atoms. The number of rotatable bonds is 11. The van der Waals surface area contributed by atoms with Crippen molar-refractivity contribution >= 4 is 29.5 Å². The number of hydrogen-bond acceptors (Lipinski definition) is 10. The second-order valence-electron chi connectivity index (χ2n) is 15.8. The molecule has 2 aromatic heterocycles. The Morgan fingerprint density at radius 3 is 2.23 bits per heavy atom. The van der Waals surface area contributed by atoms with E-state index in [-0.39, 0.29) is 36.0 Å². The molecule has 1 aliphatic carbocycles.